The van der Waals surface area contributed by atoms with Crippen LogP contribution in [-0.4, -0.2) is 60.4 Å². The lowest BCUT2D eigenvalue weighted by molar-refractivity contribution is 0.0181. The second-order valence-corrected chi connectivity index (χ2v) is 10.9. The Morgan fingerprint density at radius 2 is 1.64 bits per heavy atom. The molecule has 1 saturated heterocycles. The molecule has 1 aromatic heterocycles. The van der Waals surface area contributed by atoms with Crippen LogP contribution in [0.2, 0.25) is 0 Å². The zero-order chi connectivity index (χ0) is 27.8. The lowest BCUT2D eigenvalue weighted by atomic mass is 9.92. The summed E-state index contributed by atoms with van der Waals surface area (Å²) in [5.41, 5.74) is 2.88. The Morgan fingerprint density at radius 3 is 2.26 bits per heavy atom. The van der Waals surface area contributed by atoms with Crippen molar-refractivity contribution in [2.24, 2.45) is 5.92 Å². The Morgan fingerprint density at radius 1 is 1.00 bits per heavy atom. The lowest BCUT2D eigenvalue weighted by Crippen LogP contribution is -2.41. The van der Waals surface area contributed by atoms with Gasteiger partial charge in [0.2, 0.25) is 0 Å². The maximum absolute atomic E-state index is 12.3. The van der Waals surface area contributed by atoms with Crippen LogP contribution in [0.1, 0.15) is 57.7 Å². The van der Waals surface area contributed by atoms with E-state index in [1.165, 1.54) is 0 Å². The molecule has 1 aliphatic rings. The summed E-state index contributed by atoms with van der Waals surface area (Å²) in [6.45, 7) is 8.00. The molecule has 0 atom stereocenters. The highest BCUT2D eigenvalue weighted by Crippen LogP contribution is 2.32. The van der Waals surface area contributed by atoms with Gasteiger partial charge in [0.1, 0.15) is 11.3 Å². The number of carbonyl (C=O) groups excluding carboxylic acids is 1. The molecule has 208 valence electrons. The second-order valence-electron chi connectivity index (χ2n) is 10.9. The van der Waals surface area contributed by atoms with Gasteiger partial charge >= 0.3 is 6.09 Å². The third kappa shape index (κ3) is 7.85. The summed E-state index contributed by atoms with van der Waals surface area (Å²) in [5.74, 6) is 2.58. The number of likely N-dealkylation sites (tertiary alicyclic amines) is 1. The Kier molecular flexibility index (Phi) is 9.28. The van der Waals surface area contributed by atoms with Gasteiger partial charge in [0, 0.05) is 31.8 Å². The Bertz CT molecular complexity index is 1280. The standard InChI is InChI=1S/C31H40N4O4/c1-31(2,3)39-30(36)35-18-15-23(16-19-35)12-9-17-32-29-24(14-13-22-10-7-6-8-11-22)33-25-20-27(37-4)28(38-5)21-26(25)34-29/h6-8,10-11,13-14,20-21,23H,9,12,15-19H2,1-5H3,(H,32,34). The first kappa shape index (κ1) is 28.2. The van der Waals surface area contributed by atoms with Crippen LogP contribution in [0.4, 0.5) is 10.6 Å². The highest BCUT2D eigenvalue weighted by atomic mass is 16.6. The van der Waals surface area contributed by atoms with Crippen LogP contribution in [0.15, 0.2) is 42.5 Å². The quantitative estimate of drug-likeness (QED) is 0.309. The van der Waals surface area contributed by atoms with Crippen molar-refractivity contribution in [3.05, 3.63) is 53.7 Å². The molecule has 0 saturated carbocycles. The fourth-order valence-corrected chi connectivity index (χ4v) is 4.71. The van der Waals surface area contributed by atoms with E-state index < -0.39 is 5.60 Å². The van der Waals surface area contributed by atoms with Gasteiger partial charge in [0.25, 0.3) is 0 Å². The molecule has 1 N–H and O–H groups in total. The molecular weight excluding hydrogens is 492 g/mol. The topological polar surface area (TPSA) is 85.8 Å². The number of methoxy groups -OCH3 is 2. The minimum absolute atomic E-state index is 0.206. The van der Waals surface area contributed by atoms with Gasteiger partial charge in [-0.05, 0) is 64.0 Å². The molecule has 39 heavy (non-hydrogen) atoms. The lowest BCUT2D eigenvalue weighted by Gasteiger charge is -2.33. The van der Waals surface area contributed by atoms with E-state index in [1.54, 1.807) is 14.2 Å². The van der Waals surface area contributed by atoms with Crippen LogP contribution in [0.3, 0.4) is 0 Å². The summed E-state index contributed by atoms with van der Waals surface area (Å²) in [6.07, 6.45) is 7.93. The number of anilines is 1. The number of benzene rings is 2. The minimum atomic E-state index is -0.461. The molecule has 1 fully saturated rings. The Balaban J connectivity index is 1.40. The van der Waals surface area contributed by atoms with Gasteiger partial charge in [-0.25, -0.2) is 14.8 Å². The number of aromatic nitrogens is 2. The summed E-state index contributed by atoms with van der Waals surface area (Å²) in [4.78, 5) is 24.0. The zero-order valence-corrected chi connectivity index (χ0v) is 23.7. The largest absolute Gasteiger partial charge is 0.493 e. The Hall–Kier alpha value is -3.81. The number of ether oxygens (including phenoxy) is 3. The molecule has 0 aliphatic carbocycles. The summed E-state index contributed by atoms with van der Waals surface area (Å²) in [5, 5.41) is 3.52. The fraction of sp³-hybridized carbons (Fsp3) is 0.452. The van der Waals surface area contributed by atoms with Crippen molar-refractivity contribution in [1.82, 2.24) is 14.9 Å². The minimum Gasteiger partial charge on any atom is -0.493 e. The third-order valence-electron chi connectivity index (χ3n) is 6.78. The summed E-state index contributed by atoms with van der Waals surface area (Å²) >= 11 is 0. The first-order chi connectivity index (χ1) is 18.8. The van der Waals surface area contributed by atoms with Crippen LogP contribution >= 0.6 is 0 Å². The SMILES string of the molecule is COc1cc2nc(C=Cc3ccccc3)c(NCCCC3CCN(C(=O)OC(C)(C)C)CC3)nc2cc1OC. The van der Waals surface area contributed by atoms with Crippen molar-refractivity contribution in [2.75, 3.05) is 39.2 Å². The summed E-state index contributed by atoms with van der Waals surface area (Å²) in [7, 11) is 3.23. The van der Waals surface area contributed by atoms with Crippen molar-refractivity contribution in [3.8, 4) is 11.5 Å². The van der Waals surface area contributed by atoms with E-state index in [0.29, 0.717) is 17.4 Å². The number of hydrogen-bond acceptors (Lipinski definition) is 7. The van der Waals surface area contributed by atoms with Crippen molar-refractivity contribution in [2.45, 2.75) is 52.1 Å². The van der Waals surface area contributed by atoms with Crippen molar-refractivity contribution in [1.29, 1.82) is 0 Å². The summed E-state index contributed by atoms with van der Waals surface area (Å²) in [6, 6.07) is 13.9. The number of nitrogens with zero attached hydrogens (tertiary/aromatic N) is 3. The molecule has 1 amide bonds. The van der Waals surface area contributed by atoms with Gasteiger partial charge in [-0.2, -0.15) is 0 Å². The van der Waals surface area contributed by atoms with Crippen LogP contribution in [0.25, 0.3) is 23.2 Å². The fourth-order valence-electron chi connectivity index (χ4n) is 4.71. The zero-order valence-electron chi connectivity index (χ0n) is 23.7. The predicted octanol–water partition coefficient (Wildman–Crippen LogP) is 6.66. The number of hydrogen-bond donors (Lipinski definition) is 1. The maximum Gasteiger partial charge on any atom is 0.410 e. The van der Waals surface area contributed by atoms with E-state index in [-0.39, 0.29) is 6.09 Å². The number of carbonyl (C=O) groups is 1. The van der Waals surface area contributed by atoms with Crippen LogP contribution in [-0.2, 0) is 4.74 Å². The molecule has 1 aliphatic heterocycles. The molecule has 2 aromatic carbocycles. The molecule has 0 bridgehead atoms. The van der Waals surface area contributed by atoms with Gasteiger partial charge in [-0.1, -0.05) is 36.4 Å². The van der Waals surface area contributed by atoms with Crippen LogP contribution in [0.5, 0.6) is 11.5 Å². The highest BCUT2D eigenvalue weighted by Gasteiger charge is 2.26. The molecule has 2 heterocycles. The van der Waals surface area contributed by atoms with Gasteiger partial charge in [0.15, 0.2) is 17.3 Å². The monoisotopic (exact) mass is 532 g/mol. The van der Waals surface area contributed by atoms with E-state index in [1.807, 2.05) is 68.2 Å². The summed E-state index contributed by atoms with van der Waals surface area (Å²) < 4.78 is 16.5. The molecule has 0 spiro atoms. The van der Waals surface area contributed by atoms with E-state index in [0.717, 1.165) is 73.4 Å². The third-order valence-corrected chi connectivity index (χ3v) is 6.78. The molecule has 3 aromatic rings. The van der Waals surface area contributed by atoms with E-state index in [9.17, 15) is 4.79 Å². The molecule has 4 rings (SSSR count). The van der Waals surface area contributed by atoms with Crippen molar-refractivity contribution in [3.63, 3.8) is 0 Å². The van der Waals surface area contributed by atoms with E-state index in [4.69, 9.17) is 24.2 Å². The van der Waals surface area contributed by atoms with E-state index >= 15 is 0 Å². The molecule has 0 unspecified atom stereocenters. The van der Waals surface area contributed by atoms with Crippen LogP contribution in [0, 0.1) is 5.92 Å². The number of nitrogens with one attached hydrogen (secondary N) is 1. The number of amides is 1. The number of rotatable bonds is 9. The van der Waals surface area contributed by atoms with Crippen LogP contribution < -0.4 is 14.8 Å². The van der Waals surface area contributed by atoms with Gasteiger partial charge < -0.3 is 24.4 Å². The molecule has 8 heteroatoms. The number of fused-ring (bicyclic) bond motifs is 1. The van der Waals surface area contributed by atoms with Crippen molar-refractivity contribution >= 4 is 35.1 Å². The van der Waals surface area contributed by atoms with Gasteiger partial charge in [0.05, 0.1) is 25.3 Å². The first-order valence-electron chi connectivity index (χ1n) is 13.6. The highest BCUT2D eigenvalue weighted by molar-refractivity contribution is 5.84. The normalized spacial score (nSPS) is 14.5. The smallest absolute Gasteiger partial charge is 0.410 e. The molecule has 0 radical (unpaired) electrons. The maximum atomic E-state index is 12.3. The van der Waals surface area contributed by atoms with Crippen molar-refractivity contribution < 1.29 is 19.0 Å². The second kappa shape index (κ2) is 12.8. The molecular formula is C31H40N4O4. The average Bonchev–Trinajstić information content (AvgIpc) is 2.93. The van der Waals surface area contributed by atoms with E-state index in [2.05, 4.69) is 17.4 Å². The average molecular weight is 533 g/mol. The predicted molar refractivity (Wildman–Crippen MR) is 156 cm³/mol. The molecule has 8 nitrogen and oxygen atoms in total. The van der Waals surface area contributed by atoms with Gasteiger partial charge in [-0.3, -0.25) is 0 Å². The Labute approximate surface area is 231 Å². The number of piperidine rings is 1. The van der Waals surface area contributed by atoms with Gasteiger partial charge in [-0.15, -0.1) is 0 Å². The first-order valence-corrected chi connectivity index (χ1v) is 13.6.